The second-order valence-corrected chi connectivity index (χ2v) is 7.42. The minimum atomic E-state index is 0.817. The number of benzene rings is 1. The van der Waals surface area contributed by atoms with Gasteiger partial charge in [0, 0.05) is 23.8 Å². The number of anilines is 2. The molecule has 0 aliphatic rings. The van der Waals surface area contributed by atoms with Crippen LogP contribution in [0.3, 0.4) is 0 Å². The van der Waals surface area contributed by atoms with Crippen LogP contribution >= 0.6 is 43.2 Å². The maximum Gasteiger partial charge on any atom is 0.0701 e. The van der Waals surface area contributed by atoms with Crippen molar-refractivity contribution in [3.63, 3.8) is 0 Å². The number of halogens is 2. The SMILES string of the molecule is Cc1cc(N(C)Cc2csc(Br)c2)c(Br)cc1N. The minimum absolute atomic E-state index is 0.817. The summed E-state index contributed by atoms with van der Waals surface area (Å²) in [5.41, 5.74) is 10.3. The second-order valence-electron chi connectivity index (χ2n) is 4.28. The fourth-order valence-electron chi connectivity index (χ4n) is 1.76. The van der Waals surface area contributed by atoms with E-state index in [1.165, 1.54) is 9.35 Å². The highest BCUT2D eigenvalue weighted by molar-refractivity contribution is 9.11. The normalized spacial score (nSPS) is 10.7. The number of aryl methyl sites for hydroxylation is 1. The molecule has 1 heterocycles. The topological polar surface area (TPSA) is 29.3 Å². The lowest BCUT2D eigenvalue weighted by Gasteiger charge is -2.21. The fourth-order valence-corrected chi connectivity index (χ4v) is 3.63. The first-order chi connectivity index (χ1) is 8.47. The van der Waals surface area contributed by atoms with Gasteiger partial charge in [0.15, 0.2) is 0 Å². The van der Waals surface area contributed by atoms with Gasteiger partial charge in [-0.2, -0.15) is 0 Å². The first kappa shape index (κ1) is 13.9. The average molecular weight is 390 g/mol. The van der Waals surface area contributed by atoms with E-state index in [2.05, 4.69) is 61.3 Å². The van der Waals surface area contributed by atoms with Gasteiger partial charge in [-0.3, -0.25) is 0 Å². The standard InChI is InChI=1S/C13H14Br2N2S/c1-8-3-12(10(14)5-11(8)16)17(2)6-9-4-13(15)18-7-9/h3-5,7H,6,16H2,1-2H3. The molecule has 2 rings (SSSR count). The van der Waals surface area contributed by atoms with Gasteiger partial charge in [-0.1, -0.05) is 0 Å². The molecule has 2 N–H and O–H groups in total. The summed E-state index contributed by atoms with van der Waals surface area (Å²) in [6.07, 6.45) is 0. The summed E-state index contributed by atoms with van der Waals surface area (Å²) in [6.45, 7) is 2.91. The summed E-state index contributed by atoms with van der Waals surface area (Å²) >= 11 is 8.77. The van der Waals surface area contributed by atoms with Gasteiger partial charge in [-0.25, -0.2) is 0 Å². The molecule has 5 heteroatoms. The molecule has 18 heavy (non-hydrogen) atoms. The predicted molar refractivity (Wildman–Crippen MR) is 87.4 cm³/mol. The maximum atomic E-state index is 5.89. The zero-order valence-electron chi connectivity index (χ0n) is 10.2. The van der Waals surface area contributed by atoms with Crippen LogP contribution in [0.5, 0.6) is 0 Å². The Labute approximate surface area is 128 Å². The lowest BCUT2D eigenvalue weighted by molar-refractivity contribution is 0.923. The lowest BCUT2D eigenvalue weighted by atomic mass is 10.1. The van der Waals surface area contributed by atoms with Gasteiger partial charge in [0.25, 0.3) is 0 Å². The third kappa shape index (κ3) is 3.08. The van der Waals surface area contributed by atoms with E-state index in [1.807, 2.05) is 13.0 Å². The maximum absolute atomic E-state index is 5.89. The summed E-state index contributed by atoms with van der Waals surface area (Å²) in [6, 6.07) is 6.23. The monoisotopic (exact) mass is 388 g/mol. The van der Waals surface area contributed by atoms with Crippen molar-refractivity contribution >= 4 is 54.6 Å². The number of rotatable bonds is 3. The number of hydrogen-bond donors (Lipinski definition) is 1. The molecule has 0 unspecified atom stereocenters. The summed E-state index contributed by atoms with van der Waals surface area (Å²) < 4.78 is 2.20. The molecule has 0 atom stereocenters. The van der Waals surface area contributed by atoms with Crippen molar-refractivity contribution in [1.82, 2.24) is 0 Å². The van der Waals surface area contributed by atoms with Gasteiger partial charge in [0.1, 0.15) is 0 Å². The highest BCUT2D eigenvalue weighted by Gasteiger charge is 2.09. The van der Waals surface area contributed by atoms with Crippen LogP contribution in [0.25, 0.3) is 0 Å². The Morgan fingerprint density at radius 3 is 2.61 bits per heavy atom. The molecule has 0 amide bonds. The summed E-state index contributed by atoms with van der Waals surface area (Å²) in [5, 5.41) is 2.17. The number of thiophene rings is 1. The first-order valence-electron chi connectivity index (χ1n) is 5.47. The highest BCUT2D eigenvalue weighted by atomic mass is 79.9. The molecule has 0 saturated carbocycles. The molecule has 2 nitrogen and oxygen atoms in total. The van der Waals surface area contributed by atoms with Gasteiger partial charge >= 0.3 is 0 Å². The molecule has 1 aromatic carbocycles. The number of nitrogens with zero attached hydrogens (tertiary/aromatic N) is 1. The highest BCUT2D eigenvalue weighted by Crippen LogP contribution is 2.31. The van der Waals surface area contributed by atoms with Gasteiger partial charge in [0.05, 0.1) is 9.47 Å². The third-order valence-corrected chi connectivity index (χ3v) is 4.98. The Hall–Kier alpha value is -0.520. The minimum Gasteiger partial charge on any atom is -0.398 e. The van der Waals surface area contributed by atoms with Gasteiger partial charge in [-0.15, -0.1) is 11.3 Å². The third-order valence-electron chi connectivity index (χ3n) is 2.79. The van der Waals surface area contributed by atoms with Gasteiger partial charge in [0.2, 0.25) is 0 Å². The Morgan fingerprint density at radius 1 is 1.28 bits per heavy atom. The largest absolute Gasteiger partial charge is 0.398 e. The van der Waals surface area contributed by atoms with E-state index in [1.54, 1.807) is 11.3 Å². The molecular formula is C13H14Br2N2S. The van der Waals surface area contributed by atoms with Crippen LogP contribution in [-0.2, 0) is 6.54 Å². The van der Waals surface area contributed by atoms with Crippen LogP contribution in [0.4, 0.5) is 11.4 Å². The van der Waals surface area contributed by atoms with E-state index in [4.69, 9.17) is 5.73 Å². The molecular weight excluding hydrogens is 376 g/mol. The zero-order chi connectivity index (χ0) is 13.3. The van der Waals surface area contributed by atoms with Crippen molar-refractivity contribution in [3.05, 3.63) is 43.0 Å². The van der Waals surface area contributed by atoms with E-state index < -0.39 is 0 Å². The van der Waals surface area contributed by atoms with Crippen molar-refractivity contribution in [3.8, 4) is 0 Å². The van der Waals surface area contributed by atoms with Crippen LogP contribution in [0.15, 0.2) is 31.8 Å². The van der Waals surface area contributed by atoms with Crippen molar-refractivity contribution in [1.29, 1.82) is 0 Å². The summed E-state index contributed by atoms with van der Waals surface area (Å²) in [7, 11) is 2.08. The molecule has 96 valence electrons. The lowest BCUT2D eigenvalue weighted by Crippen LogP contribution is -2.16. The van der Waals surface area contributed by atoms with E-state index in [0.29, 0.717) is 0 Å². The van der Waals surface area contributed by atoms with Crippen LogP contribution in [0.2, 0.25) is 0 Å². The molecule has 0 radical (unpaired) electrons. The summed E-state index contributed by atoms with van der Waals surface area (Å²) in [5.74, 6) is 0. The molecule has 0 aliphatic heterocycles. The van der Waals surface area contributed by atoms with Crippen LogP contribution < -0.4 is 10.6 Å². The van der Waals surface area contributed by atoms with Gasteiger partial charge in [-0.05, 0) is 73.5 Å². The number of nitrogen functional groups attached to an aromatic ring is 1. The van der Waals surface area contributed by atoms with Crippen LogP contribution in [0, 0.1) is 6.92 Å². The molecule has 0 aliphatic carbocycles. The summed E-state index contributed by atoms with van der Waals surface area (Å²) in [4.78, 5) is 2.21. The first-order valence-corrected chi connectivity index (χ1v) is 7.93. The zero-order valence-corrected chi connectivity index (χ0v) is 14.2. The van der Waals surface area contributed by atoms with Crippen LogP contribution in [0.1, 0.15) is 11.1 Å². The Bertz CT molecular complexity index is 566. The second kappa shape index (κ2) is 5.63. The van der Waals surface area contributed by atoms with Crippen molar-refractivity contribution in [2.24, 2.45) is 0 Å². The fraction of sp³-hybridized carbons (Fsp3) is 0.231. The Kier molecular flexibility index (Phi) is 4.35. The van der Waals surface area contributed by atoms with Crippen molar-refractivity contribution in [2.75, 3.05) is 17.7 Å². The van der Waals surface area contributed by atoms with Gasteiger partial charge < -0.3 is 10.6 Å². The molecule has 2 aromatic rings. The molecule has 0 spiro atoms. The van der Waals surface area contributed by atoms with E-state index in [0.717, 1.165) is 28.0 Å². The molecule has 1 aromatic heterocycles. The van der Waals surface area contributed by atoms with Crippen LogP contribution in [-0.4, -0.2) is 7.05 Å². The molecule has 0 fully saturated rings. The molecule has 0 saturated heterocycles. The van der Waals surface area contributed by atoms with E-state index in [-0.39, 0.29) is 0 Å². The van der Waals surface area contributed by atoms with E-state index in [9.17, 15) is 0 Å². The quantitative estimate of drug-likeness (QED) is 0.764. The number of nitrogens with two attached hydrogens (primary N) is 1. The van der Waals surface area contributed by atoms with Crippen molar-refractivity contribution < 1.29 is 0 Å². The van der Waals surface area contributed by atoms with Crippen molar-refractivity contribution in [2.45, 2.75) is 13.5 Å². The predicted octanol–water partition coefficient (Wildman–Crippen LogP) is 4.80. The smallest absolute Gasteiger partial charge is 0.0701 e. The van der Waals surface area contributed by atoms with E-state index >= 15 is 0 Å². The Balaban J connectivity index is 2.23. The molecule has 0 bridgehead atoms. The Morgan fingerprint density at radius 2 is 2.00 bits per heavy atom. The average Bonchev–Trinajstić information content (AvgIpc) is 2.69. The number of hydrogen-bond acceptors (Lipinski definition) is 3.